The number of methoxy groups -OCH3 is 1. The first-order valence-corrected chi connectivity index (χ1v) is 10.6. The summed E-state index contributed by atoms with van der Waals surface area (Å²) in [5, 5.41) is 3.06. The van der Waals surface area contributed by atoms with Crippen LogP contribution in [-0.2, 0) is 17.9 Å². The normalized spacial score (nSPS) is 14.4. The van der Waals surface area contributed by atoms with Gasteiger partial charge in [-0.25, -0.2) is 0 Å². The molecule has 156 valence electrons. The molecule has 1 N–H and O–H groups in total. The van der Waals surface area contributed by atoms with Gasteiger partial charge in [-0.2, -0.15) is 0 Å². The molecule has 0 radical (unpaired) electrons. The Morgan fingerprint density at radius 1 is 0.966 bits per heavy atom. The number of nitrogens with one attached hydrogen (secondary N) is 1. The van der Waals surface area contributed by atoms with E-state index in [9.17, 15) is 4.79 Å². The van der Waals surface area contributed by atoms with Crippen LogP contribution in [0.15, 0.2) is 48.5 Å². The Hall–Kier alpha value is -2.53. The predicted molar refractivity (Wildman–Crippen MR) is 115 cm³/mol. The average molecular weight is 397 g/mol. The zero-order chi connectivity index (χ0) is 20.3. The predicted octanol–water partition coefficient (Wildman–Crippen LogP) is 4.16. The Morgan fingerprint density at radius 2 is 1.66 bits per heavy atom. The number of likely N-dealkylation sites (tertiary alicyclic amines) is 1. The van der Waals surface area contributed by atoms with Gasteiger partial charge < -0.3 is 14.8 Å². The summed E-state index contributed by atoms with van der Waals surface area (Å²) in [6.45, 7) is 4.43. The first-order chi connectivity index (χ1) is 14.2. The monoisotopic (exact) mass is 396 g/mol. The van der Waals surface area contributed by atoms with Gasteiger partial charge in [0.05, 0.1) is 13.7 Å². The standard InChI is InChI=1S/C24H32N2O3/c1-28-22-11-13-23(14-12-22)29-17-7-10-24(27)25-18-20-8-3-4-9-21(20)19-26-15-5-2-6-16-26/h3-4,8-9,11-14H,2,5-7,10,15-19H2,1H3,(H,25,27). The maximum Gasteiger partial charge on any atom is 0.220 e. The minimum absolute atomic E-state index is 0.0658. The van der Waals surface area contributed by atoms with Crippen molar-refractivity contribution in [2.45, 2.75) is 45.2 Å². The van der Waals surface area contributed by atoms with Gasteiger partial charge in [0, 0.05) is 19.5 Å². The first kappa shape index (κ1) is 21.2. The van der Waals surface area contributed by atoms with Crippen molar-refractivity contribution in [1.82, 2.24) is 10.2 Å². The number of rotatable bonds is 10. The molecule has 1 aliphatic rings. The number of hydrogen-bond donors (Lipinski definition) is 1. The van der Waals surface area contributed by atoms with Crippen LogP contribution in [0.4, 0.5) is 0 Å². The van der Waals surface area contributed by atoms with Gasteiger partial charge in [0.1, 0.15) is 11.5 Å². The fraction of sp³-hybridized carbons (Fsp3) is 0.458. The second-order valence-electron chi connectivity index (χ2n) is 7.51. The number of amides is 1. The van der Waals surface area contributed by atoms with Crippen LogP contribution in [0.5, 0.6) is 11.5 Å². The second-order valence-corrected chi connectivity index (χ2v) is 7.51. The summed E-state index contributed by atoms with van der Waals surface area (Å²) in [6.07, 6.45) is 5.07. The molecule has 1 amide bonds. The van der Waals surface area contributed by atoms with Gasteiger partial charge in [-0.1, -0.05) is 30.7 Å². The summed E-state index contributed by atoms with van der Waals surface area (Å²) < 4.78 is 10.8. The lowest BCUT2D eigenvalue weighted by Crippen LogP contribution is -2.30. The summed E-state index contributed by atoms with van der Waals surface area (Å²) in [5.74, 6) is 1.66. The lowest BCUT2D eigenvalue weighted by Gasteiger charge is -2.27. The molecule has 0 aromatic heterocycles. The average Bonchev–Trinajstić information content (AvgIpc) is 2.77. The third kappa shape index (κ3) is 7.09. The van der Waals surface area contributed by atoms with E-state index >= 15 is 0 Å². The zero-order valence-electron chi connectivity index (χ0n) is 17.4. The third-order valence-corrected chi connectivity index (χ3v) is 5.31. The molecule has 2 aromatic rings. The number of hydrogen-bond acceptors (Lipinski definition) is 4. The van der Waals surface area contributed by atoms with Crippen LogP contribution in [0.3, 0.4) is 0 Å². The van der Waals surface area contributed by atoms with Crippen molar-refractivity contribution in [2.24, 2.45) is 0 Å². The third-order valence-electron chi connectivity index (χ3n) is 5.31. The van der Waals surface area contributed by atoms with E-state index in [2.05, 4.69) is 28.4 Å². The van der Waals surface area contributed by atoms with Crippen LogP contribution in [0, 0.1) is 0 Å². The Kier molecular flexibility index (Phi) is 8.38. The maximum absolute atomic E-state index is 12.2. The highest BCUT2D eigenvalue weighted by Gasteiger charge is 2.12. The van der Waals surface area contributed by atoms with E-state index in [1.807, 2.05) is 30.3 Å². The topological polar surface area (TPSA) is 50.8 Å². The highest BCUT2D eigenvalue weighted by molar-refractivity contribution is 5.75. The molecule has 0 saturated carbocycles. The van der Waals surface area contributed by atoms with Gasteiger partial charge in [-0.3, -0.25) is 9.69 Å². The SMILES string of the molecule is COc1ccc(OCCCC(=O)NCc2ccccc2CN2CCCCC2)cc1. The number of nitrogens with zero attached hydrogens (tertiary/aromatic N) is 1. The van der Waals surface area contributed by atoms with Crippen LogP contribution >= 0.6 is 0 Å². The first-order valence-electron chi connectivity index (χ1n) is 10.6. The van der Waals surface area contributed by atoms with Gasteiger partial charge in [-0.15, -0.1) is 0 Å². The summed E-state index contributed by atoms with van der Waals surface area (Å²) in [6, 6.07) is 15.9. The highest BCUT2D eigenvalue weighted by Crippen LogP contribution is 2.18. The largest absolute Gasteiger partial charge is 0.497 e. The molecule has 2 aromatic carbocycles. The quantitative estimate of drug-likeness (QED) is 0.613. The molecule has 0 atom stereocenters. The van der Waals surface area contributed by atoms with E-state index in [4.69, 9.17) is 9.47 Å². The summed E-state index contributed by atoms with van der Waals surface area (Å²) in [7, 11) is 1.64. The summed E-state index contributed by atoms with van der Waals surface area (Å²) >= 11 is 0. The van der Waals surface area contributed by atoms with E-state index in [-0.39, 0.29) is 5.91 Å². The summed E-state index contributed by atoms with van der Waals surface area (Å²) in [5.41, 5.74) is 2.53. The van der Waals surface area contributed by atoms with Gasteiger partial charge in [0.25, 0.3) is 0 Å². The highest BCUT2D eigenvalue weighted by atomic mass is 16.5. The Balaban J connectivity index is 1.37. The minimum atomic E-state index is 0.0658. The molecule has 1 saturated heterocycles. The lowest BCUT2D eigenvalue weighted by atomic mass is 10.0. The molecule has 0 unspecified atom stereocenters. The van der Waals surface area contributed by atoms with E-state index in [1.165, 1.54) is 43.5 Å². The van der Waals surface area contributed by atoms with Crippen molar-refractivity contribution in [3.05, 3.63) is 59.7 Å². The lowest BCUT2D eigenvalue weighted by molar-refractivity contribution is -0.121. The van der Waals surface area contributed by atoms with Crippen molar-refractivity contribution >= 4 is 5.91 Å². The van der Waals surface area contributed by atoms with Crippen molar-refractivity contribution in [3.63, 3.8) is 0 Å². The van der Waals surface area contributed by atoms with Crippen molar-refractivity contribution < 1.29 is 14.3 Å². The molecule has 5 heteroatoms. The number of carbonyl (C=O) groups excluding carboxylic acids is 1. The molecular formula is C24H32N2O3. The fourth-order valence-electron chi connectivity index (χ4n) is 3.62. The molecule has 5 nitrogen and oxygen atoms in total. The van der Waals surface area contributed by atoms with Crippen LogP contribution in [0.25, 0.3) is 0 Å². The molecule has 1 aliphatic heterocycles. The van der Waals surface area contributed by atoms with Crippen LogP contribution in [0.1, 0.15) is 43.2 Å². The molecule has 1 heterocycles. The van der Waals surface area contributed by atoms with Gasteiger partial charge in [0.2, 0.25) is 5.91 Å². The van der Waals surface area contributed by atoms with E-state index in [0.717, 1.165) is 18.0 Å². The van der Waals surface area contributed by atoms with Crippen molar-refractivity contribution in [3.8, 4) is 11.5 Å². The number of benzene rings is 2. The molecule has 3 rings (SSSR count). The van der Waals surface area contributed by atoms with E-state index in [0.29, 0.717) is 26.0 Å². The van der Waals surface area contributed by atoms with Crippen molar-refractivity contribution in [1.29, 1.82) is 0 Å². The molecule has 1 fully saturated rings. The molecule has 0 aliphatic carbocycles. The Bertz CT molecular complexity index is 755. The Labute approximate surface area is 174 Å². The second kappa shape index (κ2) is 11.5. The number of piperidine rings is 1. The van der Waals surface area contributed by atoms with Gasteiger partial charge >= 0.3 is 0 Å². The zero-order valence-corrected chi connectivity index (χ0v) is 17.4. The van der Waals surface area contributed by atoms with E-state index in [1.54, 1.807) is 7.11 Å². The van der Waals surface area contributed by atoms with Gasteiger partial charge in [-0.05, 0) is 67.7 Å². The van der Waals surface area contributed by atoms with Crippen LogP contribution < -0.4 is 14.8 Å². The van der Waals surface area contributed by atoms with Crippen LogP contribution in [0.2, 0.25) is 0 Å². The molecule has 0 bridgehead atoms. The molecule has 0 spiro atoms. The number of ether oxygens (including phenoxy) is 2. The molecular weight excluding hydrogens is 364 g/mol. The minimum Gasteiger partial charge on any atom is -0.497 e. The number of carbonyl (C=O) groups is 1. The fourth-order valence-corrected chi connectivity index (χ4v) is 3.62. The Morgan fingerprint density at radius 3 is 2.38 bits per heavy atom. The smallest absolute Gasteiger partial charge is 0.220 e. The van der Waals surface area contributed by atoms with E-state index < -0.39 is 0 Å². The maximum atomic E-state index is 12.2. The van der Waals surface area contributed by atoms with Crippen LogP contribution in [-0.4, -0.2) is 37.6 Å². The van der Waals surface area contributed by atoms with Gasteiger partial charge in [0.15, 0.2) is 0 Å². The molecule has 29 heavy (non-hydrogen) atoms. The summed E-state index contributed by atoms with van der Waals surface area (Å²) in [4.78, 5) is 14.7. The van der Waals surface area contributed by atoms with Crippen molar-refractivity contribution in [2.75, 3.05) is 26.8 Å².